The molecule has 0 aliphatic heterocycles. The van der Waals surface area contributed by atoms with E-state index in [1.54, 1.807) is 11.8 Å². The van der Waals surface area contributed by atoms with Gasteiger partial charge in [-0.2, -0.15) is 11.8 Å². The number of aromatic nitrogens is 2. The molecule has 1 amide bonds. The highest BCUT2D eigenvalue weighted by Gasteiger charge is 2.15. The summed E-state index contributed by atoms with van der Waals surface area (Å²) in [5.41, 5.74) is 2.88. The quantitative estimate of drug-likeness (QED) is 0.635. The number of thioether (sulfide) groups is 1. The summed E-state index contributed by atoms with van der Waals surface area (Å²) in [7, 11) is 0. The topological polar surface area (TPSA) is 66.6 Å². The van der Waals surface area contributed by atoms with Crippen molar-refractivity contribution in [2.75, 3.05) is 18.6 Å². The minimum absolute atomic E-state index is 0.0332. The van der Waals surface area contributed by atoms with Crippen molar-refractivity contribution in [2.45, 2.75) is 18.9 Å². The summed E-state index contributed by atoms with van der Waals surface area (Å²) in [6.07, 6.45) is 5.04. The molecule has 1 aromatic carbocycles. The van der Waals surface area contributed by atoms with Gasteiger partial charge in [0, 0.05) is 22.8 Å². The van der Waals surface area contributed by atoms with Crippen molar-refractivity contribution in [3.8, 4) is 11.3 Å². The monoisotopic (exact) mass is 375 g/mol. The minimum atomic E-state index is -0.184. The molecule has 7 heteroatoms. The Morgan fingerprint density at radius 3 is 2.92 bits per heavy atom. The molecule has 0 bridgehead atoms. The molecule has 0 saturated heterocycles. The number of rotatable bonds is 8. The Morgan fingerprint density at radius 2 is 2.20 bits per heavy atom. The maximum Gasteiger partial charge on any atom is 0.226 e. The Bertz CT molecular complexity index is 829. The lowest BCUT2D eigenvalue weighted by atomic mass is 10.2. The first kappa shape index (κ1) is 18.0. The summed E-state index contributed by atoms with van der Waals surface area (Å²) in [5.74, 6) is 0.839. The summed E-state index contributed by atoms with van der Waals surface area (Å²) in [5, 5.41) is 14.3. The van der Waals surface area contributed by atoms with Gasteiger partial charge in [0.1, 0.15) is 0 Å². The number of aliphatic hydroxyl groups excluding tert-OH is 1. The van der Waals surface area contributed by atoms with Crippen LogP contribution in [0.3, 0.4) is 0 Å². The molecule has 5 nitrogen and oxygen atoms in total. The fourth-order valence-corrected chi connectivity index (χ4v) is 4.01. The summed E-state index contributed by atoms with van der Waals surface area (Å²) in [6, 6.07) is 9.82. The number of aliphatic hydroxyl groups is 1. The molecule has 0 spiro atoms. The zero-order chi connectivity index (χ0) is 17.6. The van der Waals surface area contributed by atoms with Crippen LogP contribution in [0.2, 0.25) is 0 Å². The predicted octanol–water partition coefficient (Wildman–Crippen LogP) is 2.84. The van der Waals surface area contributed by atoms with E-state index in [0.717, 1.165) is 34.1 Å². The number of hydrogen-bond acceptors (Lipinski definition) is 5. The lowest BCUT2D eigenvalue weighted by Gasteiger charge is -2.15. The molecule has 0 unspecified atom stereocenters. The highest BCUT2D eigenvalue weighted by atomic mass is 32.2. The average molecular weight is 376 g/mol. The van der Waals surface area contributed by atoms with E-state index in [4.69, 9.17) is 0 Å². The Hall–Kier alpha value is -1.83. The van der Waals surface area contributed by atoms with Gasteiger partial charge in [-0.1, -0.05) is 30.3 Å². The fraction of sp³-hybridized carbons (Fsp3) is 0.333. The van der Waals surface area contributed by atoms with E-state index in [1.807, 2.05) is 52.6 Å². The second kappa shape index (κ2) is 8.51. The number of amides is 1. The van der Waals surface area contributed by atoms with Crippen molar-refractivity contribution in [3.05, 3.63) is 47.6 Å². The normalized spacial score (nSPS) is 12.4. The largest absolute Gasteiger partial charge is 0.394 e. The fourth-order valence-electron chi connectivity index (χ4n) is 2.62. The minimum Gasteiger partial charge on any atom is -0.394 e. The zero-order valence-electron chi connectivity index (χ0n) is 14.0. The maximum atomic E-state index is 12.3. The number of thiazole rings is 1. The summed E-state index contributed by atoms with van der Waals surface area (Å²) in [4.78, 5) is 17.8. The Balaban J connectivity index is 1.71. The van der Waals surface area contributed by atoms with E-state index in [1.165, 1.54) is 11.3 Å². The van der Waals surface area contributed by atoms with Gasteiger partial charge in [0.15, 0.2) is 4.96 Å². The van der Waals surface area contributed by atoms with Gasteiger partial charge in [-0.05, 0) is 18.4 Å². The molecule has 1 atom stereocenters. The molecule has 3 rings (SSSR count). The summed E-state index contributed by atoms with van der Waals surface area (Å²) in [6.45, 7) is -0.0332. The predicted molar refractivity (Wildman–Crippen MR) is 104 cm³/mol. The number of carbonyl (C=O) groups is 1. The highest BCUT2D eigenvalue weighted by Crippen LogP contribution is 2.23. The van der Waals surface area contributed by atoms with Crippen LogP contribution in [-0.2, 0) is 11.2 Å². The van der Waals surface area contributed by atoms with Gasteiger partial charge in [-0.15, -0.1) is 11.3 Å². The summed E-state index contributed by atoms with van der Waals surface area (Å²) >= 11 is 3.24. The summed E-state index contributed by atoms with van der Waals surface area (Å²) < 4.78 is 1.97. The average Bonchev–Trinajstić information content (AvgIpc) is 3.21. The van der Waals surface area contributed by atoms with Crippen LogP contribution in [0.15, 0.2) is 41.9 Å². The molecule has 0 radical (unpaired) electrons. The van der Waals surface area contributed by atoms with E-state index in [-0.39, 0.29) is 25.0 Å². The molecule has 25 heavy (non-hydrogen) atoms. The number of hydrogen-bond donors (Lipinski definition) is 2. The van der Waals surface area contributed by atoms with Crippen LogP contribution in [0.1, 0.15) is 12.1 Å². The first-order valence-electron chi connectivity index (χ1n) is 8.11. The van der Waals surface area contributed by atoms with Crippen LogP contribution < -0.4 is 5.32 Å². The molecular formula is C18H21N3O2S2. The van der Waals surface area contributed by atoms with Crippen molar-refractivity contribution in [1.82, 2.24) is 14.7 Å². The first-order valence-corrected chi connectivity index (χ1v) is 10.4. The number of nitrogens with one attached hydrogen (secondary N) is 1. The molecular weight excluding hydrogens is 354 g/mol. The van der Waals surface area contributed by atoms with Gasteiger partial charge in [-0.3, -0.25) is 9.20 Å². The number of carbonyl (C=O) groups excluding carboxylic acids is 1. The number of imidazole rings is 1. The molecule has 132 valence electrons. The van der Waals surface area contributed by atoms with E-state index in [0.29, 0.717) is 0 Å². The third-order valence-electron chi connectivity index (χ3n) is 3.95. The highest BCUT2D eigenvalue weighted by molar-refractivity contribution is 7.98. The Kier molecular flexibility index (Phi) is 6.12. The van der Waals surface area contributed by atoms with E-state index >= 15 is 0 Å². The van der Waals surface area contributed by atoms with E-state index < -0.39 is 0 Å². The van der Waals surface area contributed by atoms with Crippen molar-refractivity contribution >= 4 is 34.0 Å². The van der Waals surface area contributed by atoms with Crippen LogP contribution in [-0.4, -0.2) is 45.1 Å². The third-order valence-corrected chi connectivity index (χ3v) is 5.48. The van der Waals surface area contributed by atoms with Gasteiger partial charge in [-0.25, -0.2) is 4.98 Å². The second-order valence-electron chi connectivity index (χ2n) is 5.78. The lowest BCUT2D eigenvalue weighted by molar-refractivity contribution is -0.121. The third kappa shape index (κ3) is 4.42. The van der Waals surface area contributed by atoms with Crippen molar-refractivity contribution in [3.63, 3.8) is 0 Å². The molecule has 3 aromatic rings. The smallest absolute Gasteiger partial charge is 0.226 e. The number of fused-ring (bicyclic) bond motifs is 1. The molecule has 0 saturated carbocycles. The standard InChI is InChI=1S/C18H21N3O2S2/c1-24-8-7-14(11-22)19-17(23)9-15-12-25-18-20-16(10-21(15)18)13-5-3-2-4-6-13/h2-6,10,12,14,22H,7-9,11H2,1H3,(H,19,23)/t14-/m0/s1. The van der Waals surface area contributed by atoms with Crippen LogP contribution in [0, 0.1) is 0 Å². The van der Waals surface area contributed by atoms with Crippen LogP contribution in [0.25, 0.3) is 16.2 Å². The van der Waals surface area contributed by atoms with E-state index in [9.17, 15) is 9.90 Å². The van der Waals surface area contributed by atoms with Crippen LogP contribution in [0.4, 0.5) is 0 Å². The molecule has 2 heterocycles. The van der Waals surface area contributed by atoms with Crippen molar-refractivity contribution in [2.24, 2.45) is 0 Å². The maximum absolute atomic E-state index is 12.3. The van der Waals surface area contributed by atoms with E-state index in [2.05, 4.69) is 10.3 Å². The molecule has 0 fully saturated rings. The van der Waals surface area contributed by atoms with Crippen LogP contribution >= 0.6 is 23.1 Å². The van der Waals surface area contributed by atoms with Crippen molar-refractivity contribution in [1.29, 1.82) is 0 Å². The van der Waals surface area contributed by atoms with Gasteiger partial charge in [0.05, 0.1) is 24.8 Å². The van der Waals surface area contributed by atoms with Gasteiger partial charge in [0.25, 0.3) is 0 Å². The Morgan fingerprint density at radius 1 is 1.40 bits per heavy atom. The van der Waals surface area contributed by atoms with Gasteiger partial charge in [0.2, 0.25) is 5.91 Å². The Labute approximate surface area is 155 Å². The van der Waals surface area contributed by atoms with Gasteiger partial charge < -0.3 is 10.4 Å². The van der Waals surface area contributed by atoms with Crippen LogP contribution in [0.5, 0.6) is 0 Å². The molecule has 0 aliphatic rings. The first-order chi connectivity index (χ1) is 12.2. The molecule has 2 N–H and O–H groups in total. The molecule has 2 aromatic heterocycles. The zero-order valence-corrected chi connectivity index (χ0v) is 15.6. The second-order valence-corrected chi connectivity index (χ2v) is 7.60. The number of nitrogens with zero attached hydrogens (tertiary/aromatic N) is 2. The van der Waals surface area contributed by atoms with Crippen molar-refractivity contribution < 1.29 is 9.90 Å². The number of benzene rings is 1. The van der Waals surface area contributed by atoms with Gasteiger partial charge >= 0.3 is 0 Å². The molecule has 0 aliphatic carbocycles. The SMILES string of the molecule is CSCC[C@@H](CO)NC(=O)Cc1csc2nc(-c3ccccc3)cn12. The lowest BCUT2D eigenvalue weighted by Crippen LogP contribution is -2.38.